The van der Waals surface area contributed by atoms with Crippen molar-refractivity contribution in [2.75, 3.05) is 11.9 Å². The summed E-state index contributed by atoms with van der Waals surface area (Å²) in [5, 5.41) is 4.01. The van der Waals surface area contributed by atoms with Gasteiger partial charge in [-0.05, 0) is 53.3 Å². The quantitative estimate of drug-likeness (QED) is 0.355. The topological polar surface area (TPSA) is 8.17 Å². The standard InChI is InChI=1S/C27H21BN2/c1-16-17(2)30-26-19(16)11-8-13-22(26)28-21-12-6-7-14-23(21)29(3)24-15-18-9-4-5-10-20(18)27(30)25(24)28/h4-15H,1-3H3. The van der Waals surface area contributed by atoms with Crippen LogP contribution < -0.4 is 21.3 Å². The van der Waals surface area contributed by atoms with E-state index in [0.29, 0.717) is 0 Å². The van der Waals surface area contributed by atoms with Crippen molar-refractivity contribution in [2.45, 2.75) is 13.8 Å². The smallest absolute Gasteiger partial charge is 0.252 e. The first-order chi connectivity index (χ1) is 14.7. The highest BCUT2D eigenvalue weighted by Crippen LogP contribution is 2.39. The molecule has 0 saturated carbocycles. The molecule has 0 bridgehead atoms. The van der Waals surface area contributed by atoms with E-state index in [4.69, 9.17) is 0 Å². The third-order valence-electron chi connectivity index (χ3n) is 7.41. The summed E-state index contributed by atoms with van der Waals surface area (Å²) in [7, 11) is 2.21. The Labute approximate surface area is 176 Å². The van der Waals surface area contributed by atoms with Crippen LogP contribution in [0.25, 0.3) is 27.4 Å². The number of hydrogen-bond acceptors (Lipinski definition) is 1. The predicted octanol–water partition coefficient (Wildman–Crippen LogP) is 4.31. The van der Waals surface area contributed by atoms with Crippen molar-refractivity contribution in [3.8, 4) is 5.69 Å². The molecule has 3 heteroatoms. The summed E-state index contributed by atoms with van der Waals surface area (Å²) in [4.78, 5) is 2.38. The number of aryl methyl sites for hydroxylation is 1. The van der Waals surface area contributed by atoms with Crippen molar-refractivity contribution in [3.63, 3.8) is 0 Å². The molecular formula is C27H21BN2. The fourth-order valence-electron chi connectivity index (χ4n) is 5.93. The van der Waals surface area contributed by atoms with Crippen molar-refractivity contribution >= 4 is 56.2 Å². The Hall–Kier alpha value is -3.46. The lowest BCUT2D eigenvalue weighted by atomic mass is 9.33. The van der Waals surface area contributed by atoms with E-state index in [-0.39, 0.29) is 6.71 Å². The number of fused-ring (bicyclic) bond motifs is 6. The predicted molar refractivity (Wildman–Crippen MR) is 129 cm³/mol. The van der Waals surface area contributed by atoms with E-state index in [9.17, 15) is 0 Å². The van der Waals surface area contributed by atoms with Crippen molar-refractivity contribution in [1.82, 2.24) is 4.57 Å². The van der Waals surface area contributed by atoms with Gasteiger partial charge >= 0.3 is 0 Å². The number of benzene rings is 4. The summed E-state index contributed by atoms with van der Waals surface area (Å²) in [6.45, 7) is 4.80. The number of para-hydroxylation sites is 2. The monoisotopic (exact) mass is 384 g/mol. The lowest BCUT2D eigenvalue weighted by molar-refractivity contribution is 1.05. The molecule has 0 spiro atoms. The van der Waals surface area contributed by atoms with Crippen LogP contribution in [0.1, 0.15) is 11.3 Å². The summed E-state index contributed by atoms with van der Waals surface area (Å²) < 4.78 is 2.54. The average Bonchev–Trinajstić information content (AvgIpc) is 3.04. The largest absolute Gasteiger partial charge is 0.345 e. The van der Waals surface area contributed by atoms with E-state index in [1.807, 2.05) is 0 Å². The summed E-state index contributed by atoms with van der Waals surface area (Å²) in [5.74, 6) is 0. The maximum absolute atomic E-state index is 2.54. The van der Waals surface area contributed by atoms with Crippen LogP contribution in [0.3, 0.4) is 0 Å². The number of anilines is 2. The van der Waals surface area contributed by atoms with E-state index in [1.165, 1.54) is 66.4 Å². The molecule has 0 aliphatic carbocycles. The third kappa shape index (κ3) is 1.74. The molecule has 0 saturated heterocycles. The molecule has 142 valence electrons. The van der Waals surface area contributed by atoms with Crippen LogP contribution in [0.4, 0.5) is 11.4 Å². The number of nitrogens with zero attached hydrogens (tertiary/aromatic N) is 2. The molecule has 2 aliphatic heterocycles. The third-order valence-corrected chi connectivity index (χ3v) is 7.41. The van der Waals surface area contributed by atoms with Crippen LogP contribution >= 0.6 is 0 Å². The molecular weight excluding hydrogens is 363 g/mol. The molecule has 1 aromatic heterocycles. The molecule has 0 N–H and O–H groups in total. The lowest BCUT2D eigenvalue weighted by Gasteiger charge is -2.39. The first-order valence-corrected chi connectivity index (χ1v) is 10.7. The van der Waals surface area contributed by atoms with Gasteiger partial charge in [-0.1, -0.05) is 60.7 Å². The van der Waals surface area contributed by atoms with Gasteiger partial charge < -0.3 is 9.47 Å². The van der Waals surface area contributed by atoms with E-state index in [2.05, 4.69) is 103 Å². The first kappa shape index (κ1) is 16.4. The molecule has 5 aromatic rings. The molecule has 0 radical (unpaired) electrons. The maximum atomic E-state index is 2.54. The molecule has 0 atom stereocenters. The highest BCUT2D eigenvalue weighted by Gasteiger charge is 2.41. The van der Waals surface area contributed by atoms with Gasteiger partial charge in [0.15, 0.2) is 0 Å². The molecule has 0 amide bonds. The van der Waals surface area contributed by atoms with E-state index in [0.717, 1.165) is 0 Å². The molecule has 4 aromatic carbocycles. The van der Waals surface area contributed by atoms with Crippen LogP contribution in [-0.2, 0) is 0 Å². The minimum atomic E-state index is 0.261. The molecule has 7 rings (SSSR count). The highest BCUT2D eigenvalue weighted by atomic mass is 15.1. The molecule has 0 unspecified atom stereocenters. The molecule has 30 heavy (non-hydrogen) atoms. The van der Waals surface area contributed by atoms with Crippen LogP contribution in [0, 0.1) is 13.8 Å². The maximum Gasteiger partial charge on any atom is 0.252 e. The second-order valence-corrected chi connectivity index (χ2v) is 8.72. The zero-order valence-corrected chi connectivity index (χ0v) is 17.4. The SMILES string of the molecule is Cc1c(C)n2c3c(cccc13)B1c3ccccc3N(C)c3cc4ccccc4c-2c31. The first-order valence-electron chi connectivity index (χ1n) is 10.7. The van der Waals surface area contributed by atoms with Crippen molar-refractivity contribution < 1.29 is 0 Å². The van der Waals surface area contributed by atoms with Gasteiger partial charge in [0, 0.05) is 40.4 Å². The fraction of sp³-hybridized carbons (Fsp3) is 0.111. The van der Waals surface area contributed by atoms with Gasteiger partial charge in [0.1, 0.15) is 0 Å². The van der Waals surface area contributed by atoms with Crippen LogP contribution in [-0.4, -0.2) is 18.3 Å². The normalized spacial score (nSPS) is 13.7. The van der Waals surface area contributed by atoms with Gasteiger partial charge in [-0.2, -0.15) is 0 Å². The Morgan fingerprint density at radius 2 is 1.47 bits per heavy atom. The van der Waals surface area contributed by atoms with Gasteiger partial charge in [-0.15, -0.1) is 0 Å². The minimum Gasteiger partial charge on any atom is -0.345 e. The van der Waals surface area contributed by atoms with Crippen LogP contribution in [0.15, 0.2) is 72.8 Å². The molecule has 3 heterocycles. The lowest BCUT2D eigenvalue weighted by Crippen LogP contribution is -2.60. The Balaban J connectivity index is 1.80. The molecule has 2 nitrogen and oxygen atoms in total. The minimum absolute atomic E-state index is 0.261. The van der Waals surface area contributed by atoms with Crippen molar-refractivity contribution in [2.24, 2.45) is 0 Å². The highest BCUT2D eigenvalue weighted by molar-refractivity contribution is 7.00. The van der Waals surface area contributed by atoms with Gasteiger partial charge in [0.2, 0.25) is 0 Å². The number of aromatic nitrogens is 1. The van der Waals surface area contributed by atoms with Crippen LogP contribution in [0.2, 0.25) is 0 Å². The van der Waals surface area contributed by atoms with E-state index >= 15 is 0 Å². The summed E-state index contributed by atoms with van der Waals surface area (Å²) >= 11 is 0. The molecule has 0 fully saturated rings. The van der Waals surface area contributed by atoms with Gasteiger partial charge in [-0.3, -0.25) is 0 Å². The summed E-state index contributed by atoms with van der Waals surface area (Å²) in [5.41, 5.74) is 12.4. The zero-order valence-electron chi connectivity index (χ0n) is 17.4. The Kier molecular flexibility index (Phi) is 2.93. The fourth-order valence-corrected chi connectivity index (χ4v) is 5.93. The van der Waals surface area contributed by atoms with Crippen LogP contribution in [0.5, 0.6) is 0 Å². The average molecular weight is 384 g/mol. The summed E-state index contributed by atoms with van der Waals surface area (Å²) in [6.07, 6.45) is 0. The Morgan fingerprint density at radius 3 is 2.37 bits per heavy atom. The Bertz CT molecular complexity index is 1540. The van der Waals surface area contributed by atoms with Gasteiger partial charge in [-0.25, -0.2) is 0 Å². The van der Waals surface area contributed by atoms with Crippen molar-refractivity contribution in [1.29, 1.82) is 0 Å². The number of rotatable bonds is 0. The number of hydrogen-bond donors (Lipinski definition) is 0. The van der Waals surface area contributed by atoms with E-state index in [1.54, 1.807) is 0 Å². The summed E-state index contributed by atoms with van der Waals surface area (Å²) in [6, 6.07) is 27.0. The molecule has 2 aliphatic rings. The van der Waals surface area contributed by atoms with Crippen molar-refractivity contribution in [3.05, 3.63) is 84.1 Å². The second kappa shape index (κ2) is 5.37. The second-order valence-electron chi connectivity index (χ2n) is 8.72. The van der Waals surface area contributed by atoms with Gasteiger partial charge in [0.05, 0.1) is 5.69 Å². The zero-order chi connectivity index (χ0) is 20.1. The van der Waals surface area contributed by atoms with E-state index < -0.39 is 0 Å². The Morgan fingerprint density at radius 1 is 0.733 bits per heavy atom. The van der Waals surface area contributed by atoms with Gasteiger partial charge in [0.25, 0.3) is 6.71 Å².